The van der Waals surface area contributed by atoms with E-state index in [4.69, 9.17) is 5.73 Å². The summed E-state index contributed by atoms with van der Waals surface area (Å²) in [4.78, 5) is 24.2. The highest BCUT2D eigenvalue weighted by molar-refractivity contribution is 5.94. The summed E-state index contributed by atoms with van der Waals surface area (Å²) in [5, 5.41) is 5.52. The second-order valence-corrected chi connectivity index (χ2v) is 4.79. The highest BCUT2D eigenvalue weighted by atomic mass is 16.2. The summed E-state index contributed by atoms with van der Waals surface area (Å²) < 4.78 is 0. The molecule has 0 aromatic rings. The van der Waals surface area contributed by atoms with Crippen molar-refractivity contribution in [2.45, 2.75) is 38.6 Å². The van der Waals surface area contributed by atoms with Crippen LogP contribution in [0.3, 0.4) is 0 Å². The van der Waals surface area contributed by atoms with Crippen LogP contribution in [-0.2, 0) is 4.79 Å². The number of urea groups is 1. The molecule has 1 heterocycles. The third-order valence-corrected chi connectivity index (χ3v) is 3.10. The van der Waals surface area contributed by atoms with E-state index in [0.29, 0.717) is 6.04 Å². The van der Waals surface area contributed by atoms with Gasteiger partial charge in [0.2, 0.25) is 5.91 Å². The average molecular weight is 256 g/mol. The van der Waals surface area contributed by atoms with Gasteiger partial charge >= 0.3 is 6.03 Å². The predicted molar refractivity (Wildman–Crippen MR) is 70.1 cm³/mol. The van der Waals surface area contributed by atoms with Crippen LogP contribution < -0.4 is 16.4 Å². The third-order valence-electron chi connectivity index (χ3n) is 3.10. The van der Waals surface area contributed by atoms with Crippen LogP contribution in [0.5, 0.6) is 0 Å². The number of nitrogens with zero attached hydrogens (tertiary/aromatic N) is 1. The molecule has 0 radical (unpaired) electrons. The molecule has 6 nitrogen and oxygen atoms in total. The molecule has 0 aromatic heterocycles. The number of carbonyl (C=O) groups excluding carboxylic acids is 2. The van der Waals surface area contributed by atoms with Crippen LogP contribution in [-0.4, -0.2) is 49.1 Å². The second kappa shape index (κ2) is 8.05. The molecule has 104 valence electrons. The van der Waals surface area contributed by atoms with Gasteiger partial charge in [-0.25, -0.2) is 4.79 Å². The molecule has 1 unspecified atom stereocenters. The Bertz CT molecular complexity index is 277. The predicted octanol–water partition coefficient (Wildman–Crippen LogP) is 0.0354. The van der Waals surface area contributed by atoms with Gasteiger partial charge in [0.25, 0.3) is 0 Å². The Labute approximate surface area is 108 Å². The van der Waals surface area contributed by atoms with E-state index in [1.165, 1.54) is 6.42 Å². The van der Waals surface area contributed by atoms with Gasteiger partial charge in [-0.2, -0.15) is 0 Å². The molecule has 0 bridgehead atoms. The van der Waals surface area contributed by atoms with Crippen molar-refractivity contribution in [1.82, 2.24) is 15.5 Å². The lowest BCUT2D eigenvalue weighted by Gasteiger charge is -2.24. The Hall–Kier alpha value is -1.14. The monoisotopic (exact) mass is 256 g/mol. The summed E-state index contributed by atoms with van der Waals surface area (Å²) in [6, 6.07) is -0.322. The molecule has 18 heavy (non-hydrogen) atoms. The van der Waals surface area contributed by atoms with Gasteiger partial charge in [0.15, 0.2) is 0 Å². The SMILES string of the molecule is CCCCN(CC(=O)NC(N)=O)CC1CCCN1. The molecule has 4 N–H and O–H groups in total. The summed E-state index contributed by atoms with van der Waals surface area (Å²) >= 11 is 0. The van der Waals surface area contributed by atoms with Crippen LogP contribution in [0.15, 0.2) is 0 Å². The first kappa shape index (κ1) is 14.9. The summed E-state index contributed by atoms with van der Waals surface area (Å²) in [5.41, 5.74) is 4.93. The molecule has 1 rings (SSSR count). The first-order valence-electron chi connectivity index (χ1n) is 6.66. The van der Waals surface area contributed by atoms with Gasteiger partial charge in [0, 0.05) is 12.6 Å². The van der Waals surface area contributed by atoms with Gasteiger partial charge in [-0.05, 0) is 32.4 Å². The molecule has 1 aliphatic rings. The van der Waals surface area contributed by atoms with Crippen LogP contribution >= 0.6 is 0 Å². The Morgan fingerprint density at radius 1 is 1.50 bits per heavy atom. The average Bonchev–Trinajstić information content (AvgIpc) is 2.77. The fourth-order valence-corrected chi connectivity index (χ4v) is 2.22. The molecule has 3 amide bonds. The van der Waals surface area contributed by atoms with E-state index in [0.717, 1.165) is 38.9 Å². The second-order valence-electron chi connectivity index (χ2n) is 4.79. The molecular weight excluding hydrogens is 232 g/mol. The quantitative estimate of drug-likeness (QED) is 0.600. The van der Waals surface area contributed by atoms with Crippen molar-refractivity contribution in [2.24, 2.45) is 5.73 Å². The Morgan fingerprint density at radius 2 is 2.28 bits per heavy atom. The Balaban J connectivity index is 2.38. The number of rotatable bonds is 7. The van der Waals surface area contributed by atoms with Crippen molar-refractivity contribution in [3.63, 3.8) is 0 Å². The lowest BCUT2D eigenvalue weighted by molar-refractivity contribution is -0.121. The normalized spacial score (nSPS) is 19.1. The van der Waals surface area contributed by atoms with Crippen molar-refractivity contribution in [1.29, 1.82) is 0 Å². The molecular formula is C12H24N4O2. The van der Waals surface area contributed by atoms with Crippen LogP contribution in [0.4, 0.5) is 4.79 Å². The largest absolute Gasteiger partial charge is 0.351 e. The van der Waals surface area contributed by atoms with Crippen molar-refractivity contribution >= 4 is 11.9 Å². The molecule has 6 heteroatoms. The zero-order chi connectivity index (χ0) is 13.4. The molecule has 1 saturated heterocycles. The molecule has 0 aromatic carbocycles. The minimum Gasteiger partial charge on any atom is -0.351 e. The first-order chi connectivity index (χ1) is 8.61. The number of amides is 3. The summed E-state index contributed by atoms with van der Waals surface area (Å²) in [6.07, 6.45) is 4.49. The van der Waals surface area contributed by atoms with E-state index < -0.39 is 6.03 Å². The van der Waals surface area contributed by atoms with E-state index >= 15 is 0 Å². The van der Waals surface area contributed by atoms with E-state index in [1.54, 1.807) is 0 Å². The number of nitrogens with two attached hydrogens (primary N) is 1. The van der Waals surface area contributed by atoms with E-state index in [1.807, 2.05) is 0 Å². The van der Waals surface area contributed by atoms with Gasteiger partial charge in [-0.1, -0.05) is 13.3 Å². The maximum Gasteiger partial charge on any atom is 0.318 e. The molecule has 0 spiro atoms. The maximum absolute atomic E-state index is 11.5. The standard InChI is InChI=1S/C12H24N4O2/c1-2-3-7-16(8-10-5-4-6-14-10)9-11(17)15-12(13)18/h10,14H,2-9H2,1H3,(H3,13,15,17,18). The zero-order valence-corrected chi connectivity index (χ0v) is 11.1. The van der Waals surface area contributed by atoms with Gasteiger partial charge in [-0.3, -0.25) is 15.0 Å². The molecule has 0 saturated carbocycles. The van der Waals surface area contributed by atoms with Crippen molar-refractivity contribution < 1.29 is 9.59 Å². The lowest BCUT2D eigenvalue weighted by atomic mass is 10.2. The topological polar surface area (TPSA) is 87.5 Å². The van der Waals surface area contributed by atoms with Gasteiger partial charge in [0.05, 0.1) is 6.54 Å². The van der Waals surface area contributed by atoms with Gasteiger partial charge in [-0.15, -0.1) is 0 Å². The van der Waals surface area contributed by atoms with Crippen molar-refractivity contribution in [2.75, 3.05) is 26.2 Å². The molecule has 1 aliphatic heterocycles. The minimum atomic E-state index is -0.783. The van der Waals surface area contributed by atoms with E-state index in [-0.39, 0.29) is 12.5 Å². The van der Waals surface area contributed by atoms with Crippen LogP contribution in [0, 0.1) is 0 Å². The lowest BCUT2D eigenvalue weighted by Crippen LogP contribution is -2.46. The summed E-state index contributed by atoms with van der Waals surface area (Å²) in [6.45, 7) is 5.14. The van der Waals surface area contributed by atoms with Gasteiger partial charge < -0.3 is 11.1 Å². The Kier molecular flexibility index (Phi) is 6.67. The number of hydrogen-bond acceptors (Lipinski definition) is 4. The van der Waals surface area contributed by atoms with Crippen molar-refractivity contribution in [3.8, 4) is 0 Å². The molecule has 1 atom stereocenters. The smallest absolute Gasteiger partial charge is 0.318 e. The van der Waals surface area contributed by atoms with Crippen LogP contribution in [0.1, 0.15) is 32.6 Å². The summed E-state index contributed by atoms with van der Waals surface area (Å²) in [5.74, 6) is -0.323. The number of unbranched alkanes of at least 4 members (excludes halogenated alkanes) is 1. The highest BCUT2D eigenvalue weighted by Gasteiger charge is 2.19. The van der Waals surface area contributed by atoms with Crippen LogP contribution in [0.2, 0.25) is 0 Å². The van der Waals surface area contributed by atoms with Crippen molar-refractivity contribution in [3.05, 3.63) is 0 Å². The van der Waals surface area contributed by atoms with E-state index in [2.05, 4.69) is 22.5 Å². The number of imide groups is 1. The highest BCUT2D eigenvalue weighted by Crippen LogP contribution is 2.07. The molecule has 1 fully saturated rings. The van der Waals surface area contributed by atoms with Crippen LogP contribution in [0.25, 0.3) is 0 Å². The molecule has 0 aliphatic carbocycles. The van der Waals surface area contributed by atoms with E-state index in [9.17, 15) is 9.59 Å². The Morgan fingerprint density at radius 3 is 2.83 bits per heavy atom. The third kappa shape index (κ3) is 5.97. The number of primary amides is 1. The fourth-order valence-electron chi connectivity index (χ4n) is 2.22. The number of hydrogen-bond donors (Lipinski definition) is 3. The van der Waals surface area contributed by atoms with Gasteiger partial charge in [0.1, 0.15) is 0 Å². The number of carbonyl (C=O) groups is 2. The first-order valence-corrected chi connectivity index (χ1v) is 6.66. The fraction of sp³-hybridized carbons (Fsp3) is 0.833. The maximum atomic E-state index is 11.5. The number of nitrogens with one attached hydrogen (secondary N) is 2. The summed E-state index contributed by atoms with van der Waals surface area (Å²) in [7, 11) is 0. The zero-order valence-electron chi connectivity index (χ0n) is 11.1. The minimum absolute atomic E-state index is 0.237.